The Balaban J connectivity index is 0.00000338. The number of guanidine groups is 1. The fraction of sp³-hybridized carbons (Fsp3) is 0.444. The average molecular weight is 553 g/mol. The molecule has 2 rings (SSSR count). The van der Waals surface area contributed by atoms with Crippen LogP contribution < -0.4 is 15.4 Å². The van der Waals surface area contributed by atoms with Gasteiger partial charge in [0.1, 0.15) is 11.9 Å². The third-order valence-electron chi connectivity index (χ3n) is 3.32. The van der Waals surface area contributed by atoms with Gasteiger partial charge in [0, 0.05) is 30.6 Å². The van der Waals surface area contributed by atoms with Gasteiger partial charge in [-0.3, -0.25) is 0 Å². The molecule has 0 aliphatic rings. The third kappa shape index (κ3) is 8.22. The lowest BCUT2D eigenvalue weighted by Gasteiger charge is -2.15. The average Bonchev–Trinajstić information content (AvgIpc) is 3.00. The van der Waals surface area contributed by atoms with E-state index in [1.165, 1.54) is 4.88 Å². The number of para-hydroxylation sites is 1. The van der Waals surface area contributed by atoms with Crippen molar-refractivity contribution in [3.8, 4) is 5.75 Å². The molecule has 0 saturated heterocycles. The van der Waals surface area contributed by atoms with E-state index in [1.807, 2.05) is 37.4 Å². The number of thiazole rings is 1. The van der Waals surface area contributed by atoms with E-state index in [2.05, 4.69) is 50.4 Å². The summed E-state index contributed by atoms with van der Waals surface area (Å²) in [7, 11) is 0. The summed E-state index contributed by atoms with van der Waals surface area (Å²) in [5.41, 5.74) is 0. The predicted octanol–water partition coefficient (Wildman–Crippen LogP) is 4.40. The highest BCUT2D eigenvalue weighted by Crippen LogP contribution is 2.24. The van der Waals surface area contributed by atoms with Gasteiger partial charge < -0.3 is 15.4 Å². The number of aliphatic imine (C=N–C) groups is 1. The fourth-order valence-electron chi connectivity index (χ4n) is 2.16. The Labute approximate surface area is 185 Å². The van der Waals surface area contributed by atoms with Crippen LogP contribution in [-0.4, -0.2) is 36.7 Å². The van der Waals surface area contributed by atoms with Crippen molar-refractivity contribution < 1.29 is 4.74 Å². The third-order valence-corrected chi connectivity index (χ3v) is 4.94. The van der Waals surface area contributed by atoms with Crippen molar-refractivity contribution in [1.29, 1.82) is 0 Å². The van der Waals surface area contributed by atoms with Crippen molar-refractivity contribution >= 4 is 57.2 Å². The van der Waals surface area contributed by atoms with Crippen LogP contribution >= 0.6 is 51.2 Å². The van der Waals surface area contributed by atoms with Crippen molar-refractivity contribution in [2.45, 2.75) is 33.3 Å². The Morgan fingerprint density at radius 2 is 2.12 bits per heavy atom. The van der Waals surface area contributed by atoms with Gasteiger partial charge in [-0.1, -0.05) is 12.1 Å². The van der Waals surface area contributed by atoms with Gasteiger partial charge in [0.25, 0.3) is 0 Å². The molecule has 0 radical (unpaired) electrons. The van der Waals surface area contributed by atoms with E-state index < -0.39 is 0 Å². The molecule has 0 saturated carbocycles. The van der Waals surface area contributed by atoms with Crippen LogP contribution in [0, 0.1) is 6.92 Å². The van der Waals surface area contributed by atoms with Gasteiger partial charge in [-0.2, -0.15) is 0 Å². The molecule has 144 valence electrons. The maximum absolute atomic E-state index is 5.93. The van der Waals surface area contributed by atoms with Gasteiger partial charge in [-0.25, -0.2) is 9.98 Å². The van der Waals surface area contributed by atoms with Crippen LogP contribution in [0.25, 0.3) is 0 Å². The highest BCUT2D eigenvalue weighted by atomic mass is 127. The number of benzene rings is 1. The normalized spacial score (nSPS) is 12.2. The van der Waals surface area contributed by atoms with Crippen LogP contribution in [0.4, 0.5) is 0 Å². The molecule has 0 aliphatic heterocycles. The second-order valence-electron chi connectivity index (χ2n) is 5.62. The molecule has 1 heterocycles. The highest BCUT2D eigenvalue weighted by molar-refractivity contribution is 14.0. The molecular formula is C18H26BrIN4OS. The standard InChI is InChI=1S/C18H25BrN4OS.HI/c1-4-20-18(21-10-9-17-22-12-14(3)25-17)23-11-13(2)24-16-8-6-5-7-15(16)19;/h5-8,12-13H,4,9-11H2,1-3H3,(H2,20,21,23);1H. The number of ether oxygens (including phenoxy) is 1. The lowest BCUT2D eigenvalue weighted by molar-refractivity contribution is 0.228. The molecular weight excluding hydrogens is 527 g/mol. The number of aryl methyl sites for hydroxylation is 1. The zero-order chi connectivity index (χ0) is 18.1. The molecule has 5 nitrogen and oxygen atoms in total. The van der Waals surface area contributed by atoms with Gasteiger partial charge in [0.2, 0.25) is 0 Å². The Morgan fingerprint density at radius 1 is 1.35 bits per heavy atom. The first-order valence-corrected chi connectivity index (χ1v) is 10.0. The molecule has 1 aromatic heterocycles. The quantitative estimate of drug-likeness (QED) is 0.289. The summed E-state index contributed by atoms with van der Waals surface area (Å²) in [6.07, 6.45) is 2.79. The fourth-order valence-corrected chi connectivity index (χ4v) is 3.33. The molecule has 2 N–H and O–H groups in total. The van der Waals surface area contributed by atoms with Crippen LogP contribution in [0.5, 0.6) is 5.75 Å². The van der Waals surface area contributed by atoms with Crippen molar-refractivity contribution in [3.63, 3.8) is 0 Å². The highest BCUT2D eigenvalue weighted by Gasteiger charge is 2.07. The smallest absolute Gasteiger partial charge is 0.191 e. The topological polar surface area (TPSA) is 58.5 Å². The molecule has 0 aliphatic carbocycles. The molecule has 0 bridgehead atoms. The predicted molar refractivity (Wildman–Crippen MR) is 124 cm³/mol. The van der Waals surface area contributed by atoms with Gasteiger partial charge in [-0.05, 0) is 48.8 Å². The SMILES string of the molecule is CCNC(=NCC(C)Oc1ccccc1Br)NCCc1ncc(C)s1.I. The van der Waals surface area contributed by atoms with Crippen molar-refractivity contribution in [2.75, 3.05) is 19.6 Å². The minimum Gasteiger partial charge on any atom is -0.488 e. The van der Waals surface area contributed by atoms with Crippen molar-refractivity contribution in [3.05, 3.63) is 44.8 Å². The first-order chi connectivity index (χ1) is 12.1. The molecule has 1 unspecified atom stereocenters. The van der Waals surface area contributed by atoms with Crippen LogP contribution in [0.1, 0.15) is 23.7 Å². The number of aromatic nitrogens is 1. The summed E-state index contributed by atoms with van der Waals surface area (Å²) in [6, 6.07) is 7.85. The van der Waals surface area contributed by atoms with Gasteiger partial charge >= 0.3 is 0 Å². The summed E-state index contributed by atoms with van der Waals surface area (Å²) in [5.74, 6) is 1.64. The van der Waals surface area contributed by atoms with E-state index in [4.69, 9.17) is 4.74 Å². The Hall–Kier alpha value is -0.870. The van der Waals surface area contributed by atoms with E-state index in [-0.39, 0.29) is 30.1 Å². The lowest BCUT2D eigenvalue weighted by Crippen LogP contribution is -2.39. The van der Waals surface area contributed by atoms with Crippen LogP contribution in [0.2, 0.25) is 0 Å². The number of rotatable bonds is 8. The molecule has 0 fully saturated rings. The molecule has 0 spiro atoms. The second-order valence-corrected chi connectivity index (χ2v) is 7.79. The lowest BCUT2D eigenvalue weighted by atomic mass is 10.3. The number of nitrogens with zero attached hydrogens (tertiary/aromatic N) is 2. The minimum absolute atomic E-state index is 0. The zero-order valence-electron chi connectivity index (χ0n) is 15.3. The van der Waals surface area contributed by atoms with E-state index in [1.54, 1.807) is 11.3 Å². The summed E-state index contributed by atoms with van der Waals surface area (Å²) >= 11 is 5.24. The Bertz CT molecular complexity index is 695. The largest absolute Gasteiger partial charge is 0.488 e. The molecule has 0 amide bonds. The van der Waals surface area contributed by atoms with Crippen LogP contribution in [0.15, 0.2) is 39.9 Å². The Kier molecular flexibility index (Phi) is 11.1. The van der Waals surface area contributed by atoms with Gasteiger partial charge in [0.15, 0.2) is 5.96 Å². The van der Waals surface area contributed by atoms with Crippen molar-refractivity contribution in [2.24, 2.45) is 4.99 Å². The maximum atomic E-state index is 5.93. The number of hydrogen-bond acceptors (Lipinski definition) is 4. The van der Waals surface area contributed by atoms with E-state index in [0.29, 0.717) is 6.54 Å². The van der Waals surface area contributed by atoms with Crippen LogP contribution in [-0.2, 0) is 6.42 Å². The molecule has 2 aromatic rings. The maximum Gasteiger partial charge on any atom is 0.191 e. The summed E-state index contributed by atoms with van der Waals surface area (Å²) in [5, 5.41) is 7.76. The summed E-state index contributed by atoms with van der Waals surface area (Å²) in [6.45, 7) is 8.35. The zero-order valence-corrected chi connectivity index (χ0v) is 20.0. The van der Waals surface area contributed by atoms with Crippen LogP contribution in [0.3, 0.4) is 0 Å². The molecule has 26 heavy (non-hydrogen) atoms. The van der Waals surface area contributed by atoms with Crippen molar-refractivity contribution in [1.82, 2.24) is 15.6 Å². The number of nitrogens with one attached hydrogen (secondary N) is 2. The molecule has 1 aromatic carbocycles. The van der Waals surface area contributed by atoms with E-state index in [0.717, 1.165) is 40.7 Å². The molecule has 1 atom stereocenters. The summed E-state index contributed by atoms with van der Waals surface area (Å²) < 4.78 is 6.89. The van der Waals surface area contributed by atoms with E-state index >= 15 is 0 Å². The second kappa shape index (κ2) is 12.5. The van der Waals surface area contributed by atoms with Gasteiger partial charge in [0.05, 0.1) is 16.0 Å². The van der Waals surface area contributed by atoms with Gasteiger partial charge in [-0.15, -0.1) is 35.3 Å². The number of halogens is 2. The minimum atomic E-state index is -0.0178. The number of hydrogen-bond donors (Lipinski definition) is 2. The monoisotopic (exact) mass is 552 g/mol. The summed E-state index contributed by atoms with van der Waals surface area (Å²) in [4.78, 5) is 10.2. The first kappa shape index (κ1) is 23.2. The van der Waals surface area contributed by atoms with E-state index in [9.17, 15) is 0 Å². The molecule has 8 heteroatoms. The Morgan fingerprint density at radius 3 is 2.77 bits per heavy atom. The first-order valence-electron chi connectivity index (χ1n) is 8.43.